The Balaban J connectivity index is 1.53. The highest BCUT2D eigenvalue weighted by Gasteiger charge is 2.32. The second-order valence-corrected chi connectivity index (χ2v) is 11.0. The van der Waals surface area contributed by atoms with Gasteiger partial charge in [0.1, 0.15) is 11.5 Å². The molecular weight excluding hydrogens is 572 g/mol. The Morgan fingerprint density at radius 2 is 1.00 bits per heavy atom. The molecule has 0 radical (unpaired) electrons. The van der Waals surface area contributed by atoms with Crippen LogP contribution in [0.25, 0.3) is 32.7 Å². The quantitative estimate of drug-likeness (QED) is 0.194. The van der Waals surface area contributed by atoms with Crippen molar-refractivity contribution in [2.75, 3.05) is 0 Å². The lowest BCUT2D eigenvalue weighted by molar-refractivity contribution is 0.456. The van der Waals surface area contributed by atoms with Gasteiger partial charge in [-0.05, 0) is 74.6 Å². The molecule has 0 N–H and O–H groups in total. The predicted octanol–water partition coefficient (Wildman–Crippen LogP) is 10.5. The van der Waals surface area contributed by atoms with Crippen molar-refractivity contribution in [2.24, 2.45) is 0 Å². The zero-order chi connectivity index (χ0) is 24.2. The summed E-state index contributed by atoms with van der Waals surface area (Å²) < 4.78 is 8.71. The molecule has 0 unspecified atom stereocenters. The predicted molar refractivity (Wildman–Crippen MR) is 156 cm³/mol. The number of halogens is 2. The molecule has 6 aromatic carbocycles. The number of rotatable bonds is 2. The Bertz CT molecular complexity index is 1680. The molecule has 0 saturated heterocycles. The van der Waals surface area contributed by atoms with Crippen molar-refractivity contribution in [1.82, 2.24) is 0 Å². The molecule has 1 heterocycles. The molecular formula is C33H20Br2O. The van der Waals surface area contributed by atoms with Crippen LogP contribution >= 0.6 is 31.9 Å². The van der Waals surface area contributed by atoms with Crippen molar-refractivity contribution in [2.45, 2.75) is 5.92 Å². The van der Waals surface area contributed by atoms with Gasteiger partial charge in [-0.2, -0.15) is 0 Å². The van der Waals surface area contributed by atoms with Crippen molar-refractivity contribution in [3.05, 3.63) is 141 Å². The lowest BCUT2D eigenvalue weighted by Gasteiger charge is -2.31. The fourth-order valence-corrected chi connectivity index (χ4v) is 6.18. The maximum absolute atomic E-state index is 6.59. The first-order valence-corrected chi connectivity index (χ1v) is 13.5. The van der Waals surface area contributed by atoms with E-state index in [-0.39, 0.29) is 5.92 Å². The molecule has 0 fully saturated rings. The van der Waals surface area contributed by atoms with Crippen molar-refractivity contribution >= 4 is 53.4 Å². The van der Waals surface area contributed by atoms with E-state index in [1.165, 1.54) is 49.4 Å². The number of benzene rings is 6. The molecule has 1 aliphatic rings. The third kappa shape index (κ3) is 3.57. The van der Waals surface area contributed by atoms with Crippen LogP contribution in [-0.2, 0) is 0 Å². The summed E-state index contributed by atoms with van der Waals surface area (Å²) in [6.45, 7) is 0. The Morgan fingerprint density at radius 1 is 0.500 bits per heavy atom. The first kappa shape index (κ1) is 21.8. The molecule has 0 atom stereocenters. The first-order chi connectivity index (χ1) is 17.7. The molecule has 0 saturated carbocycles. The maximum Gasteiger partial charge on any atom is 0.132 e. The standard InChI is InChI=1S/C33H20Br2O/c34-25-14-10-22-12-16-29-32(27(22)18-25)31(24-8-6-21(7-9-24)20-4-2-1-3-5-20)33-28-19-26(35)15-11-23(28)13-17-30(33)36-29/h1-19,31H. The highest BCUT2D eigenvalue weighted by atomic mass is 79.9. The lowest BCUT2D eigenvalue weighted by atomic mass is 9.78. The van der Waals surface area contributed by atoms with E-state index in [2.05, 4.69) is 147 Å². The van der Waals surface area contributed by atoms with E-state index in [0.717, 1.165) is 20.4 Å². The van der Waals surface area contributed by atoms with Gasteiger partial charge in [-0.1, -0.05) is 111 Å². The van der Waals surface area contributed by atoms with Crippen molar-refractivity contribution < 1.29 is 4.74 Å². The van der Waals surface area contributed by atoms with Crippen LogP contribution in [0.4, 0.5) is 0 Å². The normalized spacial score (nSPS) is 12.8. The van der Waals surface area contributed by atoms with Crippen molar-refractivity contribution in [3.63, 3.8) is 0 Å². The molecule has 6 aromatic rings. The number of ether oxygens (including phenoxy) is 1. The minimum atomic E-state index is 0.0320. The zero-order valence-electron chi connectivity index (χ0n) is 19.2. The van der Waals surface area contributed by atoms with Crippen molar-refractivity contribution in [3.8, 4) is 22.6 Å². The average molecular weight is 592 g/mol. The van der Waals surface area contributed by atoms with Crippen LogP contribution < -0.4 is 4.74 Å². The summed E-state index contributed by atoms with van der Waals surface area (Å²) in [5, 5.41) is 4.82. The summed E-state index contributed by atoms with van der Waals surface area (Å²) in [4.78, 5) is 0. The van der Waals surface area contributed by atoms with Gasteiger partial charge in [0, 0.05) is 26.0 Å². The third-order valence-electron chi connectivity index (χ3n) is 7.12. The first-order valence-electron chi connectivity index (χ1n) is 11.9. The zero-order valence-corrected chi connectivity index (χ0v) is 22.4. The molecule has 0 bridgehead atoms. The van der Waals surface area contributed by atoms with Gasteiger partial charge in [-0.25, -0.2) is 0 Å². The van der Waals surface area contributed by atoms with E-state index in [1.807, 2.05) is 0 Å². The summed E-state index contributed by atoms with van der Waals surface area (Å²) in [5.41, 5.74) is 6.11. The average Bonchev–Trinajstić information content (AvgIpc) is 2.92. The van der Waals surface area contributed by atoms with Crippen LogP contribution in [0.2, 0.25) is 0 Å². The van der Waals surface area contributed by atoms with Crippen LogP contribution in [0, 0.1) is 0 Å². The maximum atomic E-state index is 6.59. The number of fused-ring (bicyclic) bond motifs is 6. The largest absolute Gasteiger partial charge is 0.457 e. The molecule has 36 heavy (non-hydrogen) atoms. The Labute approximate surface area is 226 Å². The molecule has 1 aliphatic heterocycles. The van der Waals surface area contributed by atoms with Crippen molar-refractivity contribution in [1.29, 1.82) is 0 Å². The second-order valence-electron chi connectivity index (χ2n) is 9.21. The molecule has 3 heteroatoms. The minimum absolute atomic E-state index is 0.0320. The van der Waals surface area contributed by atoms with E-state index in [1.54, 1.807) is 0 Å². The summed E-state index contributed by atoms with van der Waals surface area (Å²) in [7, 11) is 0. The molecule has 1 nitrogen and oxygen atoms in total. The molecule has 7 rings (SSSR count). The van der Waals surface area contributed by atoms with E-state index in [4.69, 9.17) is 4.74 Å². The smallest absolute Gasteiger partial charge is 0.132 e. The number of hydrogen-bond acceptors (Lipinski definition) is 1. The van der Waals surface area contributed by atoms with Gasteiger partial charge in [-0.15, -0.1) is 0 Å². The van der Waals surface area contributed by atoms with E-state index >= 15 is 0 Å². The minimum Gasteiger partial charge on any atom is -0.457 e. The van der Waals surface area contributed by atoms with E-state index < -0.39 is 0 Å². The molecule has 0 aromatic heterocycles. The molecule has 0 aliphatic carbocycles. The number of hydrogen-bond donors (Lipinski definition) is 0. The Morgan fingerprint density at radius 3 is 1.56 bits per heavy atom. The lowest BCUT2D eigenvalue weighted by Crippen LogP contribution is -2.13. The molecule has 172 valence electrons. The SMILES string of the molecule is Brc1ccc2ccc3c(c2c1)C(c1ccc(-c2ccccc2)cc1)c1c(ccc2ccc(Br)cc12)O3. The topological polar surface area (TPSA) is 9.23 Å². The van der Waals surface area contributed by atoms with Gasteiger partial charge >= 0.3 is 0 Å². The fraction of sp³-hybridized carbons (Fsp3) is 0.0303. The van der Waals surface area contributed by atoms with Gasteiger partial charge in [0.2, 0.25) is 0 Å². The third-order valence-corrected chi connectivity index (χ3v) is 8.11. The molecule has 0 spiro atoms. The van der Waals surface area contributed by atoms with Crippen LogP contribution in [-0.4, -0.2) is 0 Å². The van der Waals surface area contributed by atoms with Gasteiger partial charge < -0.3 is 4.74 Å². The highest BCUT2D eigenvalue weighted by molar-refractivity contribution is 9.10. The van der Waals surface area contributed by atoms with Crippen LogP contribution in [0.15, 0.2) is 124 Å². The Hall–Kier alpha value is -3.40. The molecule has 0 amide bonds. The summed E-state index contributed by atoms with van der Waals surface area (Å²) in [6, 6.07) is 41.1. The van der Waals surface area contributed by atoms with Gasteiger partial charge in [0.25, 0.3) is 0 Å². The second kappa shape index (κ2) is 8.62. The van der Waals surface area contributed by atoms with E-state index in [9.17, 15) is 0 Å². The summed E-state index contributed by atoms with van der Waals surface area (Å²) in [6.07, 6.45) is 0. The van der Waals surface area contributed by atoms with E-state index in [0.29, 0.717) is 0 Å². The summed E-state index contributed by atoms with van der Waals surface area (Å²) in [5.74, 6) is 1.86. The monoisotopic (exact) mass is 590 g/mol. The highest BCUT2D eigenvalue weighted by Crippen LogP contribution is 2.52. The fourth-order valence-electron chi connectivity index (χ4n) is 5.46. The van der Waals surface area contributed by atoms with Gasteiger partial charge in [0.05, 0.1) is 0 Å². The van der Waals surface area contributed by atoms with Gasteiger partial charge in [-0.3, -0.25) is 0 Å². The van der Waals surface area contributed by atoms with Crippen LogP contribution in [0.5, 0.6) is 11.5 Å². The summed E-state index contributed by atoms with van der Waals surface area (Å²) >= 11 is 7.41. The van der Waals surface area contributed by atoms with Crippen LogP contribution in [0.3, 0.4) is 0 Å². The van der Waals surface area contributed by atoms with Crippen LogP contribution in [0.1, 0.15) is 22.6 Å². The van der Waals surface area contributed by atoms with Gasteiger partial charge in [0.15, 0.2) is 0 Å². The Kier molecular flexibility index (Phi) is 5.23.